The molecule has 1 aromatic rings. The molecule has 0 spiro atoms. The van der Waals surface area contributed by atoms with Crippen LogP contribution in [0.2, 0.25) is 0 Å². The molecule has 0 radical (unpaired) electrons. The van der Waals surface area contributed by atoms with Crippen LogP contribution < -0.4 is 10.5 Å². The molecular weight excluding hydrogens is 240 g/mol. The summed E-state index contributed by atoms with van der Waals surface area (Å²) < 4.78 is 5.81. The molecule has 0 bridgehead atoms. The first kappa shape index (κ1) is 13.7. The summed E-state index contributed by atoms with van der Waals surface area (Å²) in [5, 5.41) is 0. The molecule has 1 saturated heterocycles. The predicted octanol–water partition coefficient (Wildman–Crippen LogP) is 2.28. The van der Waals surface area contributed by atoms with Gasteiger partial charge in [-0.2, -0.15) is 0 Å². The second kappa shape index (κ2) is 5.51. The van der Waals surface area contributed by atoms with E-state index in [4.69, 9.17) is 10.5 Å². The molecule has 1 heterocycles. The molecule has 19 heavy (non-hydrogen) atoms. The lowest BCUT2D eigenvalue weighted by atomic mass is 10.1. The first-order chi connectivity index (χ1) is 8.99. The Morgan fingerprint density at radius 3 is 2.53 bits per heavy atom. The van der Waals surface area contributed by atoms with Crippen molar-refractivity contribution in [2.24, 2.45) is 0 Å². The molecule has 2 N–H and O–H groups in total. The lowest BCUT2D eigenvalue weighted by Crippen LogP contribution is -2.38. The first-order valence-corrected chi connectivity index (χ1v) is 6.81. The normalized spacial score (nSPS) is 16.5. The molecule has 0 aromatic heterocycles. The monoisotopic (exact) mass is 262 g/mol. The average Bonchev–Trinajstić information content (AvgIpc) is 2.88. The molecule has 1 fully saturated rings. The summed E-state index contributed by atoms with van der Waals surface area (Å²) in [5.41, 5.74) is 8.54. The molecule has 2 rings (SSSR count). The van der Waals surface area contributed by atoms with E-state index in [1.54, 1.807) is 0 Å². The summed E-state index contributed by atoms with van der Waals surface area (Å²) >= 11 is 0. The number of benzene rings is 1. The van der Waals surface area contributed by atoms with Crippen LogP contribution in [0.15, 0.2) is 12.1 Å². The van der Waals surface area contributed by atoms with Crippen LogP contribution in [-0.4, -0.2) is 30.0 Å². The highest BCUT2D eigenvalue weighted by molar-refractivity contribution is 5.81. The number of anilines is 1. The molecule has 0 saturated carbocycles. The zero-order valence-electron chi connectivity index (χ0n) is 11.9. The van der Waals surface area contributed by atoms with Gasteiger partial charge in [-0.05, 0) is 56.9 Å². The van der Waals surface area contributed by atoms with Gasteiger partial charge in [0.05, 0.1) is 0 Å². The second-order valence-electron chi connectivity index (χ2n) is 5.27. The van der Waals surface area contributed by atoms with Gasteiger partial charge in [0, 0.05) is 18.8 Å². The van der Waals surface area contributed by atoms with Gasteiger partial charge in [-0.15, -0.1) is 0 Å². The van der Waals surface area contributed by atoms with Gasteiger partial charge in [0.2, 0.25) is 0 Å². The lowest BCUT2D eigenvalue weighted by molar-refractivity contribution is -0.136. The van der Waals surface area contributed by atoms with Gasteiger partial charge in [0.25, 0.3) is 5.91 Å². The third-order valence-electron chi connectivity index (χ3n) is 3.63. The summed E-state index contributed by atoms with van der Waals surface area (Å²) in [6, 6.07) is 3.79. The Morgan fingerprint density at radius 1 is 1.26 bits per heavy atom. The number of rotatable bonds is 3. The fourth-order valence-corrected chi connectivity index (χ4v) is 2.37. The Balaban J connectivity index is 2.08. The van der Waals surface area contributed by atoms with E-state index in [0.29, 0.717) is 0 Å². The topological polar surface area (TPSA) is 55.6 Å². The van der Waals surface area contributed by atoms with Crippen LogP contribution in [0.1, 0.15) is 30.9 Å². The molecule has 0 aliphatic carbocycles. The molecular formula is C15H22N2O2. The molecule has 1 atom stereocenters. The Kier molecular flexibility index (Phi) is 3.98. The second-order valence-corrected chi connectivity index (χ2v) is 5.27. The Labute approximate surface area is 114 Å². The minimum Gasteiger partial charge on any atom is -0.481 e. The average molecular weight is 262 g/mol. The van der Waals surface area contributed by atoms with E-state index in [9.17, 15) is 4.79 Å². The SMILES string of the molecule is Cc1cc(OC(C)C(=O)N2CCCC2)c(C)cc1N. The summed E-state index contributed by atoms with van der Waals surface area (Å²) in [5.74, 6) is 0.818. The van der Waals surface area contributed by atoms with E-state index in [1.165, 1.54) is 0 Å². The standard InChI is InChI=1S/C15H22N2O2/c1-10-9-14(11(2)8-13(10)16)19-12(3)15(18)17-6-4-5-7-17/h8-9,12H,4-7,16H2,1-3H3. The third kappa shape index (κ3) is 3.00. The largest absolute Gasteiger partial charge is 0.481 e. The van der Waals surface area contributed by atoms with Crippen molar-refractivity contribution in [1.29, 1.82) is 0 Å². The molecule has 4 nitrogen and oxygen atoms in total. The fourth-order valence-electron chi connectivity index (χ4n) is 2.37. The van der Waals surface area contributed by atoms with E-state index < -0.39 is 6.10 Å². The molecule has 1 aromatic carbocycles. The molecule has 1 aliphatic heterocycles. The quantitative estimate of drug-likeness (QED) is 0.850. The van der Waals surface area contributed by atoms with Gasteiger partial charge < -0.3 is 15.4 Å². The minimum absolute atomic E-state index is 0.0754. The summed E-state index contributed by atoms with van der Waals surface area (Å²) in [6.07, 6.45) is 1.75. The highest BCUT2D eigenvalue weighted by atomic mass is 16.5. The first-order valence-electron chi connectivity index (χ1n) is 6.81. The molecule has 4 heteroatoms. The van der Waals surface area contributed by atoms with Gasteiger partial charge in [-0.25, -0.2) is 0 Å². The predicted molar refractivity (Wildman–Crippen MR) is 76.2 cm³/mol. The summed E-state index contributed by atoms with van der Waals surface area (Å²) in [7, 11) is 0. The van der Waals surface area contributed by atoms with Crippen molar-refractivity contribution in [3.8, 4) is 5.75 Å². The zero-order valence-corrected chi connectivity index (χ0v) is 11.9. The molecule has 1 unspecified atom stereocenters. The van der Waals surface area contributed by atoms with Gasteiger partial charge in [-0.1, -0.05) is 0 Å². The number of likely N-dealkylation sites (tertiary alicyclic amines) is 1. The molecule has 1 amide bonds. The van der Waals surface area contributed by atoms with E-state index in [2.05, 4.69) is 0 Å². The zero-order chi connectivity index (χ0) is 14.0. The summed E-state index contributed by atoms with van der Waals surface area (Å²) in [6.45, 7) is 7.40. The van der Waals surface area contributed by atoms with Crippen LogP contribution in [0.25, 0.3) is 0 Å². The number of hydrogen-bond acceptors (Lipinski definition) is 3. The number of amides is 1. The van der Waals surface area contributed by atoms with Crippen LogP contribution in [0.4, 0.5) is 5.69 Å². The van der Waals surface area contributed by atoms with Crippen molar-refractivity contribution in [2.75, 3.05) is 18.8 Å². The Hall–Kier alpha value is -1.71. The lowest BCUT2D eigenvalue weighted by Gasteiger charge is -2.22. The number of aryl methyl sites for hydroxylation is 2. The number of nitrogen functional groups attached to an aromatic ring is 1. The van der Waals surface area contributed by atoms with E-state index in [0.717, 1.165) is 48.5 Å². The maximum Gasteiger partial charge on any atom is 0.263 e. The van der Waals surface area contributed by atoms with Gasteiger partial charge >= 0.3 is 0 Å². The maximum absolute atomic E-state index is 12.2. The summed E-state index contributed by atoms with van der Waals surface area (Å²) in [4.78, 5) is 14.1. The number of nitrogens with two attached hydrogens (primary N) is 1. The van der Waals surface area contributed by atoms with Crippen molar-refractivity contribution < 1.29 is 9.53 Å². The van der Waals surface area contributed by atoms with Gasteiger partial charge in [0.1, 0.15) is 5.75 Å². The van der Waals surface area contributed by atoms with Crippen molar-refractivity contribution in [3.05, 3.63) is 23.3 Å². The van der Waals surface area contributed by atoms with Crippen molar-refractivity contribution in [3.63, 3.8) is 0 Å². The van der Waals surface area contributed by atoms with Crippen LogP contribution in [0, 0.1) is 13.8 Å². The Bertz CT molecular complexity index is 479. The fraction of sp³-hybridized carbons (Fsp3) is 0.533. The highest BCUT2D eigenvalue weighted by Gasteiger charge is 2.24. The molecule has 1 aliphatic rings. The number of carbonyl (C=O) groups is 1. The maximum atomic E-state index is 12.2. The minimum atomic E-state index is -0.445. The number of hydrogen-bond donors (Lipinski definition) is 1. The van der Waals surface area contributed by atoms with E-state index >= 15 is 0 Å². The van der Waals surface area contributed by atoms with Gasteiger partial charge in [0.15, 0.2) is 6.10 Å². The van der Waals surface area contributed by atoms with Crippen LogP contribution >= 0.6 is 0 Å². The van der Waals surface area contributed by atoms with E-state index in [-0.39, 0.29) is 5.91 Å². The molecule has 104 valence electrons. The van der Waals surface area contributed by atoms with Crippen molar-refractivity contribution >= 4 is 11.6 Å². The highest BCUT2D eigenvalue weighted by Crippen LogP contribution is 2.25. The van der Waals surface area contributed by atoms with Crippen molar-refractivity contribution in [1.82, 2.24) is 4.90 Å². The number of carbonyl (C=O) groups excluding carboxylic acids is 1. The van der Waals surface area contributed by atoms with Gasteiger partial charge in [-0.3, -0.25) is 4.79 Å². The van der Waals surface area contributed by atoms with Crippen LogP contribution in [0.3, 0.4) is 0 Å². The van der Waals surface area contributed by atoms with Crippen molar-refractivity contribution in [2.45, 2.75) is 39.7 Å². The van der Waals surface area contributed by atoms with E-state index in [1.807, 2.05) is 37.8 Å². The van der Waals surface area contributed by atoms with Crippen LogP contribution in [0.5, 0.6) is 5.75 Å². The third-order valence-corrected chi connectivity index (χ3v) is 3.63. The number of nitrogens with zero attached hydrogens (tertiary/aromatic N) is 1. The van der Waals surface area contributed by atoms with Crippen LogP contribution in [-0.2, 0) is 4.79 Å². The Morgan fingerprint density at radius 2 is 1.89 bits per heavy atom. The smallest absolute Gasteiger partial charge is 0.263 e. The number of ether oxygens (including phenoxy) is 1.